The molecule has 0 aliphatic heterocycles. The number of H-pyrrole nitrogens is 1. The third kappa shape index (κ3) is 2.40. The molecule has 106 valence electrons. The van der Waals surface area contributed by atoms with Gasteiger partial charge in [0.25, 0.3) is 0 Å². The number of nitrogen functional groups attached to an aromatic ring is 1. The largest absolute Gasteiger partial charge is 0.367 e. The Morgan fingerprint density at radius 1 is 1.14 bits per heavy atom. The first-order valence-corrected chi connectivity index (χ1v) is 5.96. The Morgan fingerprint density at radius 2 is 1.86 bits per heavy atom. The van der Waals surface area contributed by atoms with Crippen LogP contribution in [0.3, 0.4) is 0 Å². The van der Waals surface area contributed by atoms with E-state index >= 15 is 0 Å². The summed E-state index contributed by atoms with van der Waals surface area (Å²) in [7, 11) is 0. The first-order valence-electron chi connectivity index (χ1n) is 5.96. The van der Waals surface area contributed by atoms with Crippen molar-refractivity contribution in [3.8, 4) is 22.5 Å². The number of aromatic amines is 1. The Labute approximate surface area is 117 Å². The van der Waals surface area contributed by atoms with Crippen LogP contribution < -0.4 is 11.3 Å². The molecule has 1 aromatic carbocycles. The third-order valence-electron chi connectivity index (χ3n) is 2.89. The molecule has 0 radical (unpaired) electrons. The highest BCUT2D eigenvalue weighted by Crippen LogP contribution is 2.35. The summed E-state index contributed by atoms with van der Waals surface area (Å²) in [5, 5.41) is 3.75. The highest BCUT2D eigenvalue weighted by atomic mass is 19.1. The van der Waals surface area contributed by atoms with Gasteiger partial charge in [0.2, 0.25) is 11.4 Å². The average Bonchev–Trinajstić information content (AvgIpc) is 2.79. The van der Waals surface area contributed by atoms with Crippen LogP contribution in [0.1, 0.15) is 0 Å². The number of nitrogens with zero attached hydrogens (tertiary/aromatic N) is 1. The van der Waals surface area contributed by atoms with Gasteiger partial charge in [0.05, 0.1) is 11.3 Å². The Hall–Kier alpha value is -2.96. The number of nitrogens with one attached hydrogen (secondary N) is 1. The van der Waals surface area contributed by atoms with Crippen LogP contribution in [0.25, 0.3) is 22.5 Å². The van der Waals surface area contributed by atoms with E-state index in [1.807, 2.05) is 0 Å². The number of rotatable bonds is 2. The van der Waals surface area contributed by atoms with Crippen molar-refractivity contribution in [1.29, 1.82) is 0 Å². The van der Waals surface area contributed by atoms with Crippen molar-refractivity contribution in [2.45, 2.75) is 0 Å². The van der Waals surface area contributed by atoms with Crippen molar-refractivity contribution >= 4 is 5.88 Å². The van der Waals surface area contributed by atoms with Crippen molar-refractivity contribution in [3.05, 3.63) is 58.4 Å². The zero-order valence-corrected chi connectivity index (χ0v) is 10.6. The molecule has 3 rings (SSSR count). The Bertz CT molecular complexity index is 850. The molecule has 3 N–H and O–H groups in total. The van der Waals surface area contributed by atoms with Crippen LogP contribution in [0.4, 0.5) is 14.7 Å². The number of anilines is 1. The highest BCUT2D eigenvalue weighted by Gasteiger charge is 2.19. The molecule has 0 unspecified atom stereocenters. The minimum absolute atomic E-state index is 0.0975. The van der Waals surface area contributed by atoms with E-state index in [1.165, 1.54) is 12.1 Å². The van der Waals surface area contributed by atoms with Gasteiger partial charge in [0, 0.05) is 12.1 Å². The summed E-state index contributed by atoms with van der Waals surface area (Å²) >= 11 is 0. The zero-order chi connectivity index (χ0) is 15.0. The minimum Gasteiger partial charge on any atom is -0.367 e. The zero-order valence-electron chi connectivity index (χ0n) is 10.6. The van der Waals surface area contributed by atoms with Crippen molar-refractivity contribution in [3.63, 3.8) is 0 Å². The van der Waals surface area contributed by atoms with Gasteiger partial charge in [-0.05, 0) is 23.8 Å². The number of pyridine rings is 1. The van der Waals surface area contributed by atoms with Gasteiger partial charge in [0.15, 0.2) is 0 Å². The summed E-state index contributed by atoms with van der Waals surface area (Å²) in [5.41, 5.74) is 6.27. The van der Waals surface area contributed by atoms with E-state index in [9.17, 15) is 13.6 Å². The molecule has 0 saturated heterocycles. The SMILES string of the molecule is Nc1onc(-c2cccc(=O)[nH]2)c1-c1cc(F)cc(F)c1. The molecule has 21 heavy (non-hydrogen) atoms. The van der Waals surface area contributed by atoms with Crippen molar-refractivity contribution in [2.24, 2.45) is 0 Å². The number of halogens is 2. The van der Waals surface area contributed by atoms with E-state index in [0.717, 1.165) is 18.2 Å². The van der Waals surface area contributed by atoms with Gasteiger partial charge < -0.3 is 15.2 Å². The highest BCUT2D eigenvalue weighted by molar-refractivity contribution is 5.85. The quantitative estimate of drug-likeness (QED) is 0.759. The van der Waals surface area contributed by atoms with Crippen molar-refractivity contribution < 1.29 is 13.3 Å². The summed E-state index contributed by atoms with van der Waals surface area (Å²) in [5.74, 6) is -1.60. The predicted octanol–water partition coefficient (Wildman–Crippen LogP) is 2.56. The van der Waals surface area contributed by atoms with E-state index in [1.54, 1.807) is 6.07 Å². The normalized spacial score (nSPS) is 10.8. The van der Waals surface area contributed by atoms with E-state index < -0.39 is 11.6 Å². The van der Waals surface area contributed by atoms with E-state index in [4.69, 9.17) is 10.3 Å². The summed E-state index contributed by atoms with van der Waals surface area (Å²) in [6.45, 7) is 0. The lowest BCUT2D eigenvalue weighted by Gasteiger charge is -2.03. The van der Waals surface area contributed by atoms with Gasteiger partial charge in [-0.25, -0.2) is 8.78 Å². The van der Waals surface area contributed by atoms with Gasteiger partial charge in [-0.2, -0.15) is 0 Å². The number of hydrogen-bond acceptors (Lipinski definition) is 4. The van der Waals surface area contributed by atoms with Gasteiger partial charge in [-0.3, -0.25) is 4.79 Å². The van der Waals surface area contributed by atoms with Gasteiger partial charge in [-0.1, -0.05) is 11.2 Å². The minimum atomic E-state index is -0.752. The van der Waals surface area contributed by atoms with Gasteiger partial charge in [0.1, 0.15) is 17.3 Å². The molecule has 0 aliphatic rings. The van der Waals surface area contributed by atoms with Crippen molar-refractivity contribution in [1.82, 2.24) is 10.1 Å². The summed E-state index contributed by atoms with van der Waals surface area (Å²) < 4.78 is 31.6. The van der Waals surface area contributed by atoms with Gasteiger partial charge >= 0.3 is 0 Å². The van der Waals surface area contributed by atoms with Crippen molar-refractivity contribution in [2.75, 3.05) is 5.73 Å². The van der Waals surface area contributed by atoms with Crippen LogP contribution in [0, 0.1) is 11.6 Å². The molecule has 5 nitrogen and oxygen atoms in total. The Kier molecular flexibility index (Phi) is 3.02. The lowest BCUT2D eigenvalue weighted by molar-refractivity contribution is 0.439. The maximum Gasteiger partial charge on any atom is 0.248 e. The lowest BCUT2D eigenvalue weighted by atomic mass is 10.0. The molecule has 2 aromatic heterocycles. The maximum atomic E-state index is 13.4. The van der Waals surface area contributed by atoms with Crippen LogP contribution >= 0.6 is 0 Å². The lowest BCUT2D eigenvalue weighted by Crippen LogP contribution is -2.04. The summed E-state index contributed by atoms with van der Waals surface area (Å²) in [6, 6.07) is 7.39. The molecule has 0 spiro atoms. The van der Waals surface area contributed by atoms with E-state index in [-0.39, 0.29) is 28.3 Å². The van der Waals surface area contributed by atoms with Crippen LogP contribution in [0.15, 0.2) is 45.7 Å². The van der Waals surface area contributed by atoms with E-state index in [2.05, 4.69) is 10.1 Å². The second-order valence-electron chi connectivity index (χ2n) is 4.36. The van der Waals surface area contributed by atoms with Crippen LogP contribution in [-0.2, 0) is 0 Å². The fraction of sp³-hybridized carbons (Fsp3) is 0. The average molecular weight is 289 g/mol. The molecular formula is C14H9F2N3O2. The molecule has 0 atom stereocenters. The maximum absolute atomic E-state index is 13.4. The number of aromatic nitrogens is 2. The fourth-order valence-corrected chi connectivity index (χ4v) is 2.05. The first-order chi connectivity index (χ1) is 10.0. The number of hydrogen-bond donors (Lipinski definition) is 2. The second kappa shape index (κ2) is 4.86. The molecule has 0 bridgehead atoms. The Balaban J connectivity index is 2.24. The standard InChI is InChI=1S/C14H9F2N3O2/c15-8-4-7(5-9(16)6-8)12-13(19-21-14(12)17)10-2-1-3-11(20)18-10/h1-6H,17H2,(H,18,20). The fourth-order valence-electron chi connectivity index (χ4n) is 2.05. The number of nitrogens with two attached hydrogens (primary N) is 1. The third-order valence-corrected chi connectivity index (χ3v) is 2.89. The molecule has 0 amide bonds. The van der Waals surface area contributed by atoms with Gasteiger partial charge in [-0.15, -0.1) is 0 Å². The first kappa shape index (κ1) is 13.0. The molecule has 7 heteroatoms. The van der Waals surface area contributed by atoms with E-state index in [0.29, 0.717) is 5.69 Å². The molecule has 0 saturated carbocycles. The molecular weight excluding hydrogens is 280 g/mol. The van der Waals surface area contributed by atoms with Crippen LogP contribution in [-0.4, -0.2) is 10.1 Å². The molecule has 2 heterocycles. The monoisotopic (exact) mass is 289 g/mol. The molecule has 0 fully saturated rings. The summed E-state index contributed by atoms with van der Waals surface area (Å²) in [4.78, 5) is 13.9. The molecule has 0 aliphatic carbocycles. The number of benzene rings is 1. The molecule has 3 aromatic rings. The Morgan fingerprint density at radius 3 is 2.52 bits per heavy atom. The van der Waals surface area contributed by atoms with Crippen LogP contribution in [0.2, 0.25) is 0 Å². The van der Waals surface area contributed by atoms with Crippen LogP contribution in [0.5, 0.6) is 0 Å². The second-order valence-corrected chi connectivity index (χ2v) is 4.36. The predicted molar refractivity (Wildman–Crippen MR) is 72.3 cm³/mol. The topological polar surface area (TPSA) is 84.9 Å². The smallest absolute Gasteiger partial charge is 0.248 e. The summed E-state index contributed by atoms with van der Waals surface area (Å²) in [6.07, 6.45) is 0.